The van der Waals surface area contributed by atoms with Gasteiger partial charge in [-0.05, 0) is 48.5 Å². The van der Waals surface area contributed by atoms with E-state index in [1.54, 1.807) is 18.3 Å². The topological polar surface area (TPSA) is 68.7 Å². The van der Waals surface area contributed by atoms with Crippen molar-refractivity contribution in [2.24, 2.45) is 0 Å². The lowest BCUT2D eigenvalue weighted by Crippen LogP contribution is -2.48. The van der Waals surface area contributed by atoms with Gasteiger partial charge < -0.3 is 15.3 Å². The summed E-state index contributed by atoms with van der Waals surface area (Å²) in [4.78, 5) is 21.3. The summed E-state index contributed by atoms with van der Waals surface area (Å²) in [5.74, 6) is 0.266. The fourth-order valence-electron chi connectivity index (χ4n) is 3.43. The summed E-state index contributed by atoms with van der Waals surface area (Å²) in [6, 6.07) is 16.8. The molecule has 138 valence electrons. The van der Waals surface area contributed by atoms with Gasteiger partial charge in [0.2, 0.25) is 5.91 Å². The molecule has 2 aromatic carbocycles. The van der Waals surface area contributed by atoms with Crippen molar-refractivity contribution in [2.45, 2.75) is 0 Å². The predicted octanol–water partition coefficient (Wildman–Crippen LogP) is 2.70. The summed E-state index contributed by atoms with van der Waals surface area (Å²) in [5.41, 5.74) is 2.77. The van der Waals surface area contributed by atoms with Crippen LogP contribution in [-0.2, 0) is 4.79 Å². The molecule has 6 nitrogen and oxygen atoms in total. The van der Waals surface area contributed by atoms with Gasteiger partial charge in [-0.1, -0.05) is 6.07 Å². The number of anilines is 2. The molecular weight excluding hydrogens is 340 g/mol. The highest BCUT2D eigenvalue weighted by Gasteiger charge is 2.19. The van der Waals surface area contributed by atoms with Crippen LogP contribution >= 0.6 is 0 Å². The van der Waals surface area contributed by atoms with Crippen molar-refractivity contribution in [3.8, 4) is 5.75 Å². The second kappa shape index (κ2) is 7.63. The third-order valence-electron chi connectivity index (χ3n) is 4.87. The number of piperazine rings is 1. The number of hydrogen-bond donors (Lipinski definition) is 2. The first-order chi connectivity index (χ1) is 13.2. The standard InChI is InChI=1S/C21H22N4O2/c26-17-8-6-16(7-9-17)25-13-11-24(12-14-25)15-21(27)23-20-5-1-4-19-18(20)3-2-10-22-19/h1-10,26H,11-15H2,(H,23,27). The number of aromatic nitrogens is 1. The van der Waals surface area contributed by atoms with Crippen LogP contribution in [0, 0.1) is 0 Å². The molecule has 1 aliphatic heterocycles. The molecule has 0 bridgehead atoms. The molecule has 1 aromatic heterocycles. The molecule has 0 unspecified atom stereocenters. The molecule has 3 aromatic rings. The molecule has 6 heteroatoms. The number of aromatic hydroxyl groups is 1. The molecule has 0 saturated carbocycles. The van der Waals surface area contributed by atoms with Gasteiger partial charge >= 0.3 is 0 Å². The Bertz CT molecular complexity index is 929. The van der Waals surface area contributed by atoms with E-state index >= 15 is 0 Å². The van der Waals surface area contributed by atoms with Gasteiger partial charge in [0.25, 0.3) is 0 Å². The van der Waals surface area contributed by atoms with E-state index in [0.717, 1.165) is 48.5 Å². The Morgan fingerprint density at radius 2 is 1.78 bits per heavy atom. The van der Waals surface area contributed by atoms with Crippen LogP contribution in [0.3, 0.4) is 0 Å². The molecule has 2 N–H and O–H groups in total. The van der Waals surface area contributed by atoms with Crippen LogP contribution < -0.4 is 10.2 Å². The monoisotopic (exact) mass is 362 g/mol. The number of pyridine rings is 1. The fourth-order valence-corrected chi connectivity index (χ4v) is 3.43. The first kappa shape index (κ1) is 17.3. The zero-order valence-corrected chi connectivity index (χ0v) is 15.0. The Hall–Kier alpha value is -3.12. The highest BCUT2D eigenvalue weighted by Crippen LogP contribution is 2.22. The molecule has 0 radical (unpaired) electrons. The van der Waals surface area contributed by atoms with Crippen LogP contribution in [0.2, 0.25) is 0 Å². The van der Waals surface area contributed by atoms with Crippen molar-refractivity contribution in [2.75, 3.05) is 42.9 Å². The highest BCUT2D eigenvalue weighted by molar-refractivity contribution is 6.01. The number of benzene rings is 2. The molecule has 0 atom stereocenters. The summed E-state index contributed by atoms with van der Waals surface area (Å²) in [6.07, 6.45) is 1.75. The summed E-state index contributed by atoms with van der Waals surface area (Å²) in [6.45, 7) is 3.74. The lowest BCUT2D eigenvalue weighted by atomic mass is 10.2. The number of nitrogens with one attached hydrogen (secondary N) is 1. The average Bonchev–Trinajstić information content (AvgIpc) is 2.69. The van der Waals surface area contributed by atoms with E-state index in [0.29, 0.717) is 6.54 Å². The maximum absolute atomic E-state index is 12.5. The van der Waals surface area contributed by atoms with E-state index in [2.05, 4.69) is 20.1 Å². The lowest BCUT2D eigenvalue weighted by molar-refractivity contribution is -0.117. The van der Waals surface area contributed by atoms with E-state index in [9.17, 15) is 9.90 Å². The molecule has 1 amide bonds. The molecule has 0 aliphatic carbocycles. The Labute approximate surface area is 158 Å². The number of rotatable bonds is 4. The maximum Gasteiger partial charge on any atom is 0.238 e. The van der Waals surface area contributed by atoms with E-state index < -0.39 is 0 Å². The van der Waals surface area contributed by atoms with Gasteiger partial charge in [-0.25, -0.2) is 0 Å². The van der Waals surface area contributed by atoms with Gasteiger partial charge in [0.1, 0.15) is 5.75 Å². The first-order valence-corrected chi connectivity index (χ1v) is 9.09. The minimum absolute atomic E-state index is 0.00978. The smallest absolute Gasteiger partial charge is 0.238 e. The van der Waals surface area contributed by atoms with Crippen molar-refractivity contribution in [3.05, 3.63) is 60.8 Å². The Morgan fingerprint density at radius 1 is 1.00 bits per heavy atom. The molecule has 4 rings (SSSR count). The molecule has 1 aliphatic rings. The van der Waals surface area contributed by atoms with E-state index in [-0.39, 0.29) is 11.7 Å². The number of amides is 1. The second-order valence-corrected chi connectivity index (χ2v) is 6.70. The van der Waals surface area contributed by atoms with Crippen LogP contribution in [-0.4, -0.2) is 53.6 Å². The van der Waals surface area contributed by atoms with Crippen molar-refractivity contribution in [1.82, 2.24) is 9.88 Å². The largest absolute Gasteiger partial charge is 0.508 e. The molecule has 1 fully saturated rings. The Kier molecular flexibility index (Phi) is 4.89. The minimum atomic E-state index is -0.00978. The second-order valence-electron chi connectivity index (χ2n) is 6.70. The average molecular weight is 362 g/mol. The van der Waals surface area contributed by atoms with Gasteiger partial charge in [0.15, 0.2) is 0 Å². The number of fused-ring (bicyclic) bond motifs is 1. The van der Waals surface area contributed by atoms with Gasteiger partial charge in [0, 0.05) is 43.4 Å². The predicted molar refractivity (Wildman–Crippen MR) is 107 cm³/mol. The fraction of sp³-hybridized carbons (Fsp3) is 0.238. The maximum atomic E-state index is 12.5. The summed E-state index contributed by atoms with van der Waals surface area (Å²) in [7, 11) is 0. The molecule has 27 heavy (non-hydrogen) atoms. The number of hydrogen-bond acceptors (Lipinski definition) is 5. The summed E-state index contributed by atoms with van der Waals surface area (Å²) >= 11 is 0. The Balaban J connectivity index is 1.33. The van der Waals surface area contributed by atoms with Crippen LogP contribution in [0.5, 0.6) is 5.75 Å². The van der Waals surface area contributed by atoms with Crippen LogP contribution in [0.25, 0.3) is 10.9 Å². The van der Waals surface area contributed by atoms with Crippen molar-refractivity contribution >= 4 is 28.2 Å². The van der Waals surface area contributed by atoms with Crippen molar-refractivity contribution < 1.29 is 9.90 Å². The minimum Gasteiger partial charge on any atom is -0.508 e. The van der Waals surface area contributed by atoms with E-state index in [1.807, 2.05) is 42.5 Å². The van der Waals surface area contributed by atoms with E-state index in [1.165, 1.54) is 0 Å². The normalized spacial score (nSPS) is 15.0. The Morgan fingerprint density at radius 3 is 2.56 bits per heavy atom. The quantitative estimate of drug-likeness (QED) is 0.747. The number of phenols is 1. The van der Waals surface area contributed by atoms with Crippen molar-refractivity contribution in [1.29, 1.82) is 0 Å². The number of phenolic OH excluding ortho intramolecular Hbond substituents is 1. The third-order valence-corrected chi connectivity index (χ3v) is 4.87. The highest BCUT2D eigenvalue weighted by atomic mass is 16.3. The van der Waals surface area contributed by atoms with E-state index in [4.69, 9.17) is 0 Å². The number of nitrogens with zero attached hydrogens (tertiary/aromatic N) is 3. The lowest BCUT2D eigenvalue weighted by Gasteiger charge is -2.35. The molecule has 1 saturated heterocycles. The van der Waals surface area contributed by atoms with Gasteiger partial charge in [-0.15, -0.1) is 0 Å². The number of carbonyl (C=O) groups is 1. The molecular formula is C21H22N4O2. The van der Waals surface area contributed by atoms with Gasteiger partial charge in [0.05, 0.1) is 17.7 Å². The van der Waals surface area contributed by atoms with Crippen molar-refractivity contribution in [3.63, 3.8) is 0 Å². The summed E-state index contributed by atoms with van der Waals surface area (Å²) < 4.78 is 0. The SMILES string of the molecule is O=C(CN1CCN(c2ccc(O)cc2)CC1)Nc1cccc2ncccc12. The third kappa shape index (κ3) is 4.01. The first-order valence-electron chi connectivity index (χ1n) is 9.09. The van der Waals surface area contributed by atoms with Gasteiger partial charge in [-0.3, -0.25) is 14.7 Å². The van der Waals surface area contributed by atoms with Gasteiger partial charge in [-0.2, -0.15) is 0 Å². The summed E-state index contributed by atoms with van der Waals surface area (Å²) in [5, 5.41) is 13.4. The number of carbonyl (C=O) groups excluding carboxylic acids is 1. The zero-order chi connectivity index (χ0) is 18.6. The zero-order valence-electron chi connectivity index (χ0n) is 15.0. The molecule has 2 heterocycles. The van der Waals surface area contributed by atoms with Crippen LogP contribution in [0.1, 0.15) is 0 Å². The van der Waals surface area contributed by atoms with Crippen LogP contribution in [0.4, 0.5) is 11.4 Å². The molecule has 0 spiro atoms. The van der Waals surface area contributed by atoms with Crippen LogP contribution in [0.15, 0.2) is 60.8 Å².